The van der Waals surface area contributed by atoms with Gasteiger partial charge in [0.15, 0.2) is 5.82 Å². The average molecular weight is 417 g/mol. The Morgan fingerprint density at radius 3 is 2.65 bits per heavy atom. The molecule has 1 aromatic carbocycles. The summed E-state index contributed by atoms with van der Waals surface area (Å²) in [6, 6.07) is 12.2. The molecule has 3 heterocycles. The number of aromatic nitrogens is 8. The Morgan fingerprint density at radius 2 is 1.94 bits per heavy atom. The number of nitrogens with one attached hydrogen (secondary N) is 1. The molecule has 4 rings (SSSR count). The van der Waals surface area contributed by atoms with Gasteiger partial charge in [-0.1, -0.05) is 51.5 Å². The fourth-order valence-electron chi connectivity index (χ4n) is 3.56. The zero-order valence-corrected chi connectivity index (χ0v) is 18.3. The van der Waals surface area contributed by atoms with Crippen LogP contribution in [-0.2, 0) is 19.4 Å². The zero-order valence-electron chi connectivity index (χ0n) is 18.3. The lowest BCUT2D eigenvalue weighted by atomic mass is 10.0. The molecule has 0 amide bonds. The lowest BCUT2D eigenvalue weighted by molar-refractivity contribution is 0.592. The van der Waals surface area contributed by atoms with Gasteiger partial charge in [0.25, 0.3) is 0 Å². The van der Waals surface area contributed by atoms with Crippen LogP contribution >= 0.6 is 0 Å². The molecule has 160 valence electrons. The Kier molecular flexibility index (Phi) is 6.45. The highest BCUT2D eigenvalue weighted by atomic mass is 15.5. The molecule has 0 unspecified atom stereocenters. The topological polar surface area (TPSA) is 98.1 Å². The fraction of sp³-hybridized carbons (Fsp3) is 0.391. The second kappa shape index (κ2) is 9.59. The largest absolute Gasteiger partial charge is 0.255 e. The predicted octanol–water partition coefficient (Wildman–Crippen LogP) is 4.11. The minimum Gasteiger partial charge on any atom is -0.255 e. The van der Waals surface area contributed by atoms with E-state index in [4.69, 9.17) is 10.1 Å². The van der Waals surface area contributed by atoms with E-state index < -0.39 is 0 Å². The van der Waals surface area contributed by atoms with Gasteiger partial charge >= 0.3 is 0 Å². The van der Waals surface area contributed by atoms with Crippen LogP contribution in [0.1, 0.15) is 50.8 Å². The summed E-state index contributed by atoms with van der Waals surface area (Å²) in [7, 11) is 0. The number of H-pyrrole nitrogens is 1. The maximum absolute atomic E-state index is 4.81. The SMILES string of the molecule is CCCCc1nc(CC(C)C)nn1Cc1ccc(-c2ncccc2-c2nn[nH]n2)cc1. The molecule has 8 nitrogen and oxygen atoms in total. The number of benzene rings is 1. The first-order valence-corrected chi connectivity index (χ1v) is 10.8. The van der Waals surface area contributed by atoms with Crippen molar-refractivity contribution < 1.29 is 0 Å². The Labute approximate surface area is 182 Å². The van der Waals surface area contributed by atoms with Crippen LogP contribution in [0, 0.1) is 5.92 Å². The first-order chi connectivity index (χ1) is 15.1. The summed E-state index contributed by atoms with van der Waals surface area (Å²) in [5.74, 6) is 3.09. The summed E-state index contributed by atoms with van der Waals surface area (Å²) in [5.41, 5.74) is 3.87. The van der Waals surface area contributed by atoms with Gasteiger partial charge in [0.1, 0.15) is 5.82 Å². The lowest BCUT2D eigenvalue weighted by Crippen LogP contribution is -2.07. The molecule has 0 aliphatic heterocycles. The Hall–Kier alpha value is -3.42. The Morgan fingerprint density at radius 1 is 1.10 bits per heavy atom. The number of hydrogen-bond donors (Lipinski definition) is 1. The second-order valence-electron chi connectivity index (χ2n) is 8.14. The average Bonchev–Trinajstić information content (AvgIpc) is 3.43. The molecule has 0 radical (unpaired) electrons. The number of unbranched alkanes of at least 4 members (excludes halogenated alkanes) is 1. The van der Waals surface area contributed by atoms with Gasteiger partial charge in [0, 0.05) is 30.2 Å². The van der Waals surface area contributed by atoms with Gasteiger partial charge in [-0.25, -0.2) is 9.67 Å². The van der Waals surface area contributed by atoms with E-state index in [9.17, 15) is 0 Å². The summed E-state index contributed by atoms with van der Waals surface area (Å²) < 4.78 is 2.06. The maximum Gasteiger partial charge on any atom is 0.206 e. The summed E-state index contributed by atoms with van der Waals surface area (Å²) in [5, 5.41) is 19.2. The van der Waals surface area contributed by atoms with Gasteiger partial charge in [-0.05, 0) is 35.2 Å². The summed E-state index contributed by atoms with van der Waals surface area (Å²) in [6.07, 6.45) is 5.91. The molecule has 31 heavy (non-hydrogen) atoms. The quantitative estimate of drug-likeness (QED) is 0.441. The molecule has 0 atom stereocenters. The van der Waals surface area contributed by atoms with Crippen LogP contribution in [0.3, 0.4) is 0 Å². The smallest absolute Gasteiger partial charge is 0.206 e. The number of nitrogens with zero attached hydrogens (tertiary/aromatic N) is 7. The van der Waals surface area contributed by atoms with Crippen LogP contribution in [-0.4, -0.2) is 40.4 Å². The first kappa shape index (κ1) is 20.8. The van der Waals surface area contributed by atoms with Gasteiger partial charge < -0.3 is 0 Å². The molecular formula is C23H28N8. The highest BCUT2D eigenvalue weighted by Crippen LogP contribution is 2.27. The van der Waals surface area contributed by atoms with Crippen molar-refractivity contribution >= 4 is 0 Å². The molecule has 3 aromatic heterocycles. The van der Waals surface area contributed by atoms with E-state index in [0.717, 1.165) is 54.2 Å². The molecule has 1 N–H and O–H groups in total. The summed E-state index contributed by atoms with van der Waals surface area (Å²) >= 11 is 0. The van der Waals surface area contributed by atoms with E-state index >= 15 is 0 Å². The van der Waals surface area contributed by atoms with Gasteiger partial charge in [-0.3, -0.25) is 4.98 Å². The van der Waals surface area contributed by atoms with Gasteiger partial charge in [-0.15, -0.1) is 10.2 Å². The Balaban J connectivity index is 1.57. The zero-order chi connectivity index (χ0) is 21.6. The van der Waals surface area contributed by atoms with Crippen LogP contribution in [0.2, 0.25) is 0 Å². The predicted molar refractivity (Wildman–Crippen MR) is 119 cm³/mol. The van der Waals surface area contributed by atoms with Crippen molar-refractivity contribution in [2.45, 2.75) is 53.0 Å². The number of aromatic amines is 1. The fourth-order valence-corrected chi connectivity index (χ4v) is 3.56. The summed E-state index contributed by atoms with van der Waals surface area (Å²) in [6.45, 7) is 7.32. The first-order valence-electron chi connectivity index (χ1n) is 10.8. The van der Waals surface area contributed by atoms with Crippen LogP contribution in [0.4, 0.5) is 0 Å². The number of tetrazole rings is 1. The number of rotatable bonds is 9. The van der Waals surface area contributed by atoms with Crippen molar-refractivity contribution in [3.05, 3.63) is 59.8 Å². The molecule has 0 aliphatic rings. The minimum atomic E-state index is 0.535. The normalized spacial score (nSPS) is 11.4. The third-order valence-corrected chi connectivity index (χ3v) is 5.09. The standard InChI is InChI=1S/C23H28N8/c1-4-5-8-21-25-20(14-16(2)3)28-31(21)15-17-9-11-18(12-10-17)22-19(7-6-13-24-22)23-26-29-30-27-23/h6-7,9-13,16H,4-5,8,14-15H2,1-3H3,(H,26,27,29,30). The Bertz CT molecular complexity index is 1100. The van der Waals surface area contributed by atoms with E-state index in [0.29, 0.717) is 18.3 Å². The van der Waals surface area contributed by atoms with E-state index in [1.807, 2.05) is 12.1 Å². The van der Waals surface area contributed by atoms with Crippen molar-refractivity contribution in [3.8, 4) is 22.6 Å². The van der Waals surface area contributed by atoms with Crippen LogP contribution in [0.5, 0.6) is 0 Å². The van der Waals surface area contributed by atoms with Crippen molar-refractivity contribution in [2.75, 3.05) is 0 Å². The van der Waals surface area contributed by atoms with E-state index in [-0.39, 0.29) is 0 Å². The van der Waals surface area contributed by atoms with Crippen molar-refractivity contribution in [1.82, 2.24) is 40.4 Å². The van der Waals surface area contributed by atoms with Crippen molar-refractivity contribution in [3.63, 3.8) is 0 Å². The third-order valence-electron chi connectivity index (χ3n) is 5.09. The highest BCUT2D eigenvalue weighted by Gasteiger charge is 2.14. The molecule has 0 saturated carbocycles. The van der Waals surface area contributed by atoms with E-state index in [1.165, 1.54) is 5.56 Å². The lowest BCUT2D eigenvalue weighted by Gasteiger charge is -2.08. The molecule has 0 spiro atoms. The van der Waals surface area contributed by atoms with Crippen molar-refractivity contribution in [1.29, 1.82) is 0 Å². The molecule has 0 aliphatic carbocycles. The maximum atomic E-state index is 4.81. The summed E-state index contributed by atoms with van der Waals surface area (Å²) in [4.78, 5) is 9.36. The number of hydrogen-bond acceptors (Lipinski definition) is 6. The van der Waals surface area contributed by atoms with Gasteiger partial charge in [0.05, 0.1) is 12.2 Å². The van der Waals surface area contributed by atoms with Gasteiger partial charge in [-0.2, -0.15) is 10.3 Å². The second-order valence-corrected chi connectivity index (χ2v) is 8.14. The molecule has 8 heteroatoms. The monoisotopic (exact) mass is 416 g/mol. The molecule has 0 fully saturated rings. The van der Waals surface area contributed by atoms with E-state index in [2.05, 4.69) is 75.3 Å². The van der Waals surface area contributed by atoms with Crippen molar-refractivity contribution in [2.24, 2.45) is 5.92 Å². The highest BCUT2D eigenvalue weighted by molar-refractivity contribution is 5.76. The van der Waals surface area contributed by atoms with Crippen LogP contribution in [0.15, 0.2) is 42.6 Å². The van der Waals surface area contributed by atoms with Gasteiger partial charge in [0.2, 0.25) is 5.82 Å². The molecule has 0 saturated heterocycles. The van der Waals surface area contributed by atoms with Crippen LogP contribution < -0.4 is 0 Å². The van der Waals surface area contributed by atoms with Crippen LogP contribution in [0.25, 0.3) is 22.6 Å². The van der Waals surface area contributed by atoms with E-state index in [1.54, 1.807) is 6.20 Å². The minimum absolute atomic E-state index is 0.535. The number of pyridine rings is 1. The molecular weight excluding hydrogens is 388 g/mol. The molecule has 0 bridgehead atoms. The third kappa shape index (κ3) is 5.02. The molecule has 4 aromatic rings. The number of aryl methyl sites for hydroxylation is 1.